The molecule has 0 unspecified atom stereocenters. The van der Waals surface area contributed by atoms with Crippen LogP contribution in [0.15, 0.2) is 18.2 Å². The van der Waals surface area contributed by atoms with E-state index in [1.165, 1.54) is 16.8 Å². The molecule has 20 heavy (non-hydrogen) atoms. The molecule has 0 spiro atoms. The molecule has 1 aliphatic rings. The van der Waals surface area contributed by atoms with E-state index >= 15 is 0 Å². The lowest BCUT2D eigenvalue weighted by atomic mass is 10.0. The largest absolute Gasteiger partial charge is 0.372 e. The highest BCUT2D eigenvalue weighted by molar-refractivity contribution is 5.55. The minimum atomic E-state index is -0.0530. The van der Waals surface area contributed by atoms with Crippen molar-refractivity contribution < 1.29 is 4.74 Å². The Morgan fingerprint density at radius 2 is 2.10 bits per heavy atom. The average molecular weight is 276 g/mol. The van der Waals surface area contributed by atoms with Gasteiger partial charge in [0.2, 0.25) is 0 Å². The molecular formula is C17H28N2O. The number of benzene rings is 1. The van der Waals surface area contributed by atoms with Gasteiger partial charge in [-0.25, -0.2) is 0 Å². The Morgan fingerprint density at radius 3 is 2.70 bits per heavy atom. The fourth-order valence-electron chi connectivity index (χ4n) is 2.73. The van der Waals surface area contributed by atoms with Crippen LogP contribution in [0.2, 0.25) is 0 Å². The smallest absolute Gasteiger partial charge is 0.0801 e. The van der Waals surface area contributed by atoms with Gasteiger partial charge in [0.25, 0.3) is 0 Å². The van der Waals surface area contributed by atoms with Gasteiger partial charge in [0.1, 0.15) is 0 Å². The van der Waals surface area contributed by atoms with Gasteiger partial charge in [0.05, 0.1) is 12.2 Å². The Bertz CT molecular complexity index is 454. The maximum absolute atomic E-state index is 5.79. The van der Waals surface area contributed by atoms with Gasteiger partial charge in [-0.15, -0.1) is 0 Å². The van der Waals surface area contributed by atoms with E-state index in [1.807, 2.05) is 0 Å². The summed E-state index contributed by atoms with van der Waals surface area (Å²) < 4.78 is 5.79. The third-order valence-electron chi connectivity index (χ3n) is 3.74. The molecule has 1 heterocycles. The molecule has 0 atom stereocenters. The average Bonchev–Trinajstić information content (AvgIpc) is 2.35. The highest BCUT2D eigenvalue weighted by atomic mass is 16.5. The van der Waals surface area contributed by atoms with E-state index in [1.54, 1.807) is 0 Å². The molecule has 1 aromatic rings. The fraction of sp³-hybridized carbons (Fsp3) is 0.647. The third kappa shape index (κ3) is 3.97. The molecule has 1 aromatic carbocycles. The van der Waals surface area contributed by atoms with Crippen LogP contribution in [-0.4, -0.2) is 31.3 Å². The van der Waals surface area contributed by atoms with E-state index in [0.29, 0.717) is 6.04 Å². The summed E-state index contributed by atoms with van der Waals surface area (Å²) in [5, 5.41) is 3.47. The summed E-state index contributed by atoms with van der Waals surface area (Å²) >= 11 is 0. The molecule has 1 fully saturated rings. The van der Waals surface area contributed by atoms with Crippen molar-refractivity contribution in [1.82, 2.24) is 5.32 Å². The number of nitrogens with one attached hydrogen (secondary N) is 1. The van der Waals surface area contributed by atoms with Gasteiger partial charge in [0.15, 0.2) is 0 Å². The molecule has 1 N–H and O–H groups in total. The van der Waals surface area contributed by atoms with Crippen LogP contribution in [0.3, 0.4) is 0 Å². The Kier molecular flexibility index (Phi) is 4.71. The molecule has 112 valence electrons. The summed E-state index contributed by atoms with van der Waals surface area (Å²) in [5.74, 6) is 0. The van der Waals surface area contributed by atoms with Gasteiger partial charge in [-0.2, -0.15) is 0 Å². The number of nitrogens with zero attached hydrogens (tertiary/aromatic N) is 1. The number of hydrogen-bond donors (Lipinski definition) is 1. The van der Waals surface area contributed by atoms with Crippen LogP contribution in [-0.2, 0) is 11.3 Å². The summed E-state index contributed by atoms with van der Waals surface area (Å²) in [6.45, 7) is 14.6. The second-order valence-corrected chi connectivity index (χ2v) is 6.69. The van der Waals surface area contributed by atoms with Gasteiger partial charge in [-0.05, 0) is 38.0 Å². The van der Waals surface area contributed by atoms with Crippen molar-refractivity contribution in [2.45, 2.75) is 52.8 Å². The maximum atomic E-state index is 5.79. The molecular weight excluding hydrogens is 248 g/mol. The Labute approximate surface area is 123 Å². The van der Waals surface area contributed by atoms with Crippen LogP contribution >= 0.6 is 0 Å². The summed E-state index contributed by atoms with van der Waals surface area (Å²) in [5.41, 5.74) is 4.00. The molecule has 0 saturated carbocycles. The van der Waals surface area contributed by atoms with E-state index in [-0.39, 0.29) is 5.60 Å². The minimum absolute atomic E-state index is 0.0530. The van der Waals surface area contributed by atoms with Crippen molar-refractivity contribution in [2.75, 3.05) is 24.6 Å². The summed E-state index contributed by atoms with van der Waals surface area (Å²) in [6, 6.07) is 7.32. The van der Waals surface area contributed by atoms with E-state index in [9.17, 15) is 0 Å². The standard InChI is InChI=1S/C17H28N2O/c1-13(2)18-11-15-6-7-16(14(3)10-15)19-8-9-20-17(4,5)12-19/h6-7,10,13,18H,8-9,11-12H2,1-5H3. The zero-order valence-corrected chi connectivity index (χ0v) is 13.5. The van der Waals surface area contributed by atoms with Gasteiger partial charge in [-0.3, -0.25) is 0 Å². The number of aryl methyl sites for hydroxylation is 1. The first-order valence-electron chi connectivity index (χ1n) is 7.59. The van der Waals surface area contributed by atoms with Crippen molar-refractivity contribution in [3.05, 3.63) is 29.3 Å². The SMILES string of the molecule is Cc1cc(CNC(C)C)ccc1N1CCOC(C)(C)C1. The maximum Gasteiger partial charge on any atom is 0.0801 e. The number of hydrogen-bond acceptors (Lipinski definition) is 3. The number of rotatable bonds is 4. The highest BCUT2D eigenvalue weighted by Crippen LogP contribution is 2.26. The molecule has 0 aliphatic carbocycles. The first-order valence-corrected chi connectivity index (χ1v) is 7.59. The van der Waals surface area contributed by atoms with E-state index in [0.717, 1.165) is 26.2 Å². The normalized spacial score (nSPS) is 18.6. The third-order valence-corrected chi connectivity index (χ3v) is 3.74. The van der Waals surface area contributed by atoms with Crippen molar-refractivity contribution in [3.8, 4) is 0 Å². The predicted molar refractivity (Wildman–Crippen MR) is 85.4 cm³/mol. The Hall–Kier alpha value is -1.06. The summed E-state index contributed by atoms with van der Waals surface area (Å²) in [7, 11) is 0. The van der Waals surface area contributed by atoms with E-state index in [4.69, 9.17) is 4.74 Å². The van der Waals surface area contributed by atoms with E-state index < -0.39 is 0 Å². The molecule has 1 saturated heterocycles. The zero-order valence-electron chi connectivity index (χ0n) is 13.5. The number of ether oxygens (including phenoxy) is 1. The van der Waals surface area contributed by atoms with Crippen molar-refractivity contribution in [3.63, 3.8) is 0 Å². The van der Waals surface area contributed by atoms with Crippen molar-refractivity contribution in [2.24, 2.45) is 0 Å². The second-order valence-electron chi connectivity index (χ2n) is 6.69. The van der Waals surface area contributed by atoms with Crippen LogP contribution in [0.4, 0.5) is 5.69 Å². The van der Waals surface area contributed by atoms with Crippen molar-refractivity contribution >= 4 is 5.69 Å². The van der Waals surface area contributed by atoms with Crippen LogP contribution in [0.25, 0.3) is 0 Å². The summed E-state index contributed by atoms with van der Waals surface area (Å²) in [4.78, 5) is 2.44. The second kappa shape index (κ2) is 6.15. The van der Waals surface area contributed by atoms with E-state index in [2.05, 4.69) is 63.0 Å². The molecule has 0 aromatic heterocycles. The van der Waals surface area contributed by atoms with Gasteiger partial charge < -0.3 is 15.0 Å². The van der Waals surface area contributed by atoms with Gasteiger partial charge in [-0.1, -0.05) is 26.0 Å². The quantitative estimate of drug-likeness (QED) is 0.914. The van der Waals surface area contributed by atoms with Crippen LogP contribution < -0.4 is 10.2 Å². The lowest BCUT2D eigenvalue weighted by molar-refractivity contribution is -0.0277. The van der Waals surface area contributed by atoms with Crippen LogP contribution in [0, 0.1) is 6.92 Å². The van der Waals surface area contributed by atoms with Crippen LogP contribution in [0.1, 0.15) is 38.8 Å². The first-order chi connectivity index (χ1) is 9.37. The molecule has 1 aliphatic heterocycles. The highest BCUT2D eigenvalue weighted by Gasteiger charge is 2.27. The Morgan fingerprint density at radius 1 is 1.35 bits per heavy atom. The van der Waals surface area contributed by atoms with Gasteiger partial charge in [0, 0.05) is 31.4 Å². The van der Waals surface area contributed by atoms with Crippen LogP contribution in [0.5, 0.6) is 0 Å². The monoisotopic (exact) mass is 276 g/mol. The molecule has 2 rings (SSSR count). The first kappa shape index (κ1) is 15.3. The number of morpholine rings is 1. The summed E-state index contributed by atoms with van der Waals surface area (Å²) in [6.07, 6.45) is 0. The minimum Gasteiger partial charge on any atom is -0.372 e. The zero-order chi connectivity index (χ0) is 14.8. The number of anilines is 1. The molecule has 3 heteroatoms. The molecule has 3 nitrogen and oxygen atoms in total. The lowest BCUT2D eigenvalue weighted by Crippen LogP contribution is -2.48. The molecule has 0 amide bonds. The van der Waals surface area contributed by atoms with Crippen molar-refractivity contribution in [1.29, 1.82) is 0 Å². The predicted octanol–water partition coefficient (Wildman–Crippen LogP) is 3.11. The fourth-order valence-corrected chi connectivity index (χ4v) is 2.73. The topological polar surface area (TPSA) is 24.5 Å². The van der Waals surface area contributed by atoms with Gasteiger partial charge >= 0.3 is 0 Å². The lowest BCUT2D eigenvalue weighted by Gasteiger charge is -2.40. The molecule has 0 radical (unpaired) electrons. The molecule has 0 bridgehead atoms. The Balaban J connectivity index is 2.09.